The van der Waals surface area contributed by atoms with Gasteiger partial charge in [-0.1, -0.05) is 18.2 Å². The van der Waals surface area contributed by atoms with E-state index in [0.717, 1.165) is 38.4 Å². The van der Waals surface area contributed by atoms with Gasteiger partial charge in [0.15, 0.2) is 0 Å². The van der Waals surface area contributed by atoms with Crippen LogP contribution in [0.5, 0.6) is 0 Å². The molecule has 0 unspecified atom stereocenters. The zero-order chi connectivity index (χ0) is 23.8. The van der Waals surface area contributed by atoms with E-state index >= 15 is 0 Å². The van der Waals surface area contributed by atoms with Gasteiger partial charge in [0.05, 0.1) is 22.9 Å². The second-order valence-electron chi connectivity index (χ2n) is 10.4. The molecule has 4 atom stereocenters. The van der Waals surface area contributed by atoms with Crippen molar-refractivity contribution in [3.8, 4) is 0 Å². The number of rotatable bonds is 7. The van der Waals surface area contributed by atoms with Crippen LogP contribution in [-0.4, -0.2) is 29.6 Å². The third-order valence-corrected chi connectivity index (χ3v) is 8.34. The average molecular weight is 473 g/mol. The number of carbonyl (C=O) groups is 1. The molecule has 1 aromatic carbocycles. The molecule has 1 amide bonds. The van der Waals surface area contributed by atoms with Crippen molar-refractivity contribution in [3.05, 3.63) is 63.3 Å². The van der Waals surface area contributed by atoms with Gasteiger partial charge in [-0.15, -0.1) is 0 Å². The van der Waals surface area contributed by atoms with E-state index in [1.807, 2.05) is 0 Å². The Kier molecular flexibility index (Phi) is 4.85. The first kappa shape index (κ1) is 21.7. The third kappa shape index (κ3) is 3.27. The Bertz CT molecular complexity index is 1200. The number of nitrogens with one attached hydrogen (secondary N) is 3. The number of hydrogen-bond acceptors (Lipinski definition) is 4. The minimum Gasteiger partial charge on any atom is -0.381 e. The predicted molar refractivity (Wildman–Crippen MR) is 121 cm³/mol. The highest BCUT2D eigenvalue weighted by molar-refractivity contribution is 5.99. The lowest BCUT2D eigenvalue weighted by atomic mass is 9.49. The highest BCUT2D eigenvalue weighted by Crippen LogP contribution is 2.61. The van der Waals surface area contributed by atoms with Gasteiger partial charge in [-0.05, 0) is 43.9 Å². The number of benzene rings is 1. The molecule has 5 aliphatic rings. The molecule has 2 bridgehead atoms. The lowest BCUT2D eigenvalue weighted by Crippen LogP contribution is -2.62. The molecule has 5 fully saturated rings. The summed E-state index contributed by atoms with van der Waals surface area (Å²) >= 11 is 0. The Morgan fingerprint density at radius 1 is 1.18 bits per heavy atom. The number of hydrogen-bond donors (Lipinski definition) is 3. The Hall–Kier alpha value is -2.81. The topological polar surface area (TPSA) is 75.2 Å². The van der Waals surface area contributed by atoms with Crippen LogP contribution in [-0.2, 0) is 5.54 Å². The highest BCUT2D eigenvalue weighted by atomic mass is 19.3. The molecule has 3 N–H and O–H groups in total. The molecule has 1 saturated heterocycles. The molecule has 4 aliphatic carbocycles. The molecule has 6 nitrogen and oxygen atoms in total. The van der Waals surface area contributed by atoms with Crippen molar-refractivity contribution in [1.82, 2.24) is 15.2 Å². The summed E-state index contributed by atoms with van der Waals surface area (Å²) in [6.07, 6.45) is 1.52. The smallest absolute Gasteiger partial charge is 0.266 e. The van der Waals surface area contributed by atoms with Crippen molar-refractivity contribution >= 4 is 11.6 Å². The van der Waals surface area contributed by atoms with E-state index in [1.165, 1.54) is 18.2 Å². The van der Waals surface area contributed by atoms with Crippen LogP contribution in [0, 0.1) is 23.6 Å². The summed E-state index contributed by atoms with van der Waals surface area (Å²) in [5, 5.41) is 9.48. The van der Waals surface area contributed by atoms with Gasteiger partial charge in [-0.3, -0.25) is 9.59 Å². The van der Waals surface area contributed by atoms with E-state index in [2.05, 4.69) is 16.0 Å². The number of fused-ring (bicyclic) bond motifs is 1. The van der Waals surface area contributed by atoms with Crippen LogP contribution in [0.15, 0.2) is 35.3 Å². The van der Waals surface area contributed by atoms with Gasteiger partial charge in [-0.25, -0.2) is 13.2 Å². The molecule has 9 heteroatoms. The molecule has 7 rings (SSSR count). The van der Waals surface area contributed by atoms with E-state index in [4.69, 9.17) is 0 Å². The molecule has 180 valence electrons. The number of carbonyl (C=O) groups excluding carboxylic acids is 1. The fraction of sp³-hybridized carbons (Fsp3) is 0.520. The average Bonchev–Trinajstić information content (AvgIpc) is 3.13. The molecule has 0 spiro atoms. The Morgan fingerprint density at radius 2 is 1.85 bits per heavy atom. The van der Waals surface area contributed by atoms with E-state index in [9.17, 15) is 22.8 Å². The SMILES string of the molecule is C[C@@H](NC(=O)c1cn(C23CC(C2)C3)c(=O)cc1N[C@H]1[C@@H]2CNC[C@@H]21)c1cccc(C(F)F)c1F. The van der Waals surface area contributed by atoms with Gasteiger partial charge in [0, 0.05) is 42.5 Å². The summed E-state index contributed by atoms with van der Waals surface area (Å²) < 4.78 is 42.6. The van der Waals surface area contributed by atoms with Crippen LogP contribution in [0.25, 0.3) is 0 Å². The fourth-order valence-corrected chi connectivity index (χ4v) is 6.17. The minimum absolute atomic E-state index is 0.00352. The van der Waals surface area contributed by atoms with Gasteiger partial charge < -0.3 is 20.5 Å². The first-order valence-electron chi connectivity index (χ1n) is 11.9. The number of anilines is 1. The molecule has 2 aromatic rings. The second kappa shape index (κ2) is 7.60. The third-order valence-electron chi connectivity index (χ3n) is 8.34. The van der Waals surface area contributed by atoms with Crippen molar-refractivity contribution in [2.75, 3.05) is 18.4 Å². The summed E-state index contributed by atoms with van der Waals surface area (Å²) in [6, 6.07) is 4.67. The molecule has 0 radical (unpaired) electrons. The summed E-state index contributed by atoms with van der Waals surface area (Å²) in [7, 11) is 0. The van der Waals surface area contributed by atoms with Crippen molar-refractivity contribution in [1.29, 1.82) is 0 Å². The summed E-state index contributed by atoms with van der Waals surface area (Å²) in [5.74, 6) is 0.120. The monoisotopic (exact) mass is 472 g/mol. The van der Waals surface area contributed by atoms with Crippen LogP contribution in [0.3, 0.4) is 0 Å². The molecule has 34 heavy (non-hydrogen) atoms. The van der Waals surface area contributed by atoms with Gasteiger partial charge >= 0.3 is 0 Å². The molecule has 4 saturated carbocycles. The Balaban J connectivity index is 1.30. The molecule has 2 heterocycles. The Labute approximate surface area is 194 Å². The van der Waals surface area contributed by atoms with Gasteiger partial charge in [0.1, 0.15) is 5.82 Å². The quantitative estimate of drug-likeness (QED) is 0.576. The number of aromatic nitrogens is 1. The standard InChI is InChI=1S/C25H27F3N4O2/c1-12(14-3-2-4-15(21(14)26)23(27)28)30-24(34)18-11-32(25-6-13(7-25)8-25)20(33)5-19(18)31-22-16-9-29-10-17(16)22/h2-5,11-13,16-17,22-23,29,31H,6-10H2,1H3,(H,30,34)/t12-,13?,16-,17+,22+,25?/m1/s1. The lowest BCUT2D eigenvalue weighted by Gasteiger charge is -2.62. The first-order chi connectivity index (χ1) is 16.3. The van der Waals surface area contributed by atoms with Gasteiger partial charge in [0.2, 0.25) is 0 Å². The maximum atomic E-state index is 14.7. The maximum Gasteiger partial charge on any atom is 0.266 e. The van der Waals surface area contributed by atoms with E-state index in [-0.39, 0.29) is 22.7 Å². The van der Waals surface area contributed by atoms with Crippen molar-refractivity contribution in [2.24, 2.45) is 17.8 Å². The summed E-state index contributed by atoms with van der Waals surface area (Å²) in [6.45, 7) is 3.37. The van der Waals surface area contributed by atoms with E-state index in [1.54, 1.807) is 17.7 Å². The van der Waals surface area contributed by atoms with Gasteiger partial charge in [0.25, 0.3) is 17.9 Å². The van der Waals surface area contributed by atoms with Crippen molar-refractivity contribution in [2.45, 2.75) is 50.2 Å². The number of amides is 1. The fourth-order valence-electron chi connectivity index (χ4n) is 6.17. The van der Waals surface area contributed by atoms with Crippen LogP contribution < -0.4 is 21.5 Å². The van der Waals surface area contributed by atoms with Gasteiger partial charge in [-0.2, -0.15) is 0 Å². The summed E-state index contributed by atoms with van der Waals surface area (Å²) in [5.41, 5.74) is -0.232. The van der Waals surface area contributed by atoms with Crippen LogP contribution in [0.2, 0.25) is 0 Å². The number of halogens is 3. The largest absolute Gasteiger partial charge is 0.381 e. The number of pyridine rings is 1. The maximum absolute atomic E-state index is 14.7. The van der Waals surface area contributed by atoms with Crippen molar-refractivity contribution in [3.63, 3.8) is 0 Å². The van der Waals surface area contributed by atoms with Crippen LogP contribution >= 0.6 is 0 Å². The van der Waals surface area contributed by atoms with E-state index < -0.39 is 29.8 Å². The second-order valence-corrected chi connectivity index (χ2v) is 10.4. The zero-order valence-corrected chi connectivity index (χ0v) is 18.8. The molecular weight excluding hydrogens is 445 g/mol. The number of piperidine rings is 1. The lowest BCUT2D eigenvalue weighted by molar-refractivity contribution is -0.0914. The first-order valence-corrected chi connectivity index (χ1v) is 11.9. The highest BCUT2D eigenvalue weighted by Gasteiger charge is 2.58. The van der Waals surface area contributed by atoms with Crippen LogP contribution in [0.4, 0.5) is 18.9 Å². The number of nitrogens with zero attached hydrogens (tertiary/aromatic N) is 1. The van der Waals surface area contributed by atoms with Crippen molar-refractivity contribution < 1.29 is 18.0 Å². The summed E-state index contributed by atoms with van der Waals surface area (Å²) in [4.78, 5) is 26.4. The predicted octanol–water partition coefficient (Wildman–Crippen LogP) is 3.55. The van der Waals surface area contributed by atoms with E-state index in [0.29, 0.717) is 29.0 Å². The van der Waals surface area contributed by atoms with Crippen LogP contribution in [0.1, 0.15) is 60.1 Å². The zero-order valence-electron chi connectivity index (χ0n) is 18.8. The normalized spacial score (nSPS) is 31.3. The minimum atomic E-state index is -2.94. The Morgan fingerprint density at radius 3 is 2.47 bits per heavy atom. The molecular formula is C25H27F3N4O2. The molecule has 1 aliphatic heterocycles. The number of alkyl halides is 2. The molecule has 1 aromatic heterocycles.